The molecule has 0 aromatic heterocycles. The first-order valence-corrected chi connectivity index (χ1v) is 15.6. The molecule has 0 saturated carbocycles. The van der Waals surface area contributed by atoms with Crippen LogP contribution in [0.3, 0.4) is 0 Å². The highest BCUT2D eigenvalue weighted by atomic mass is 16.6. The molecule has 0 aliphatic carbocycles. The molecule has 0 atom stereocenters. The van der Waals surface area contributed by atoms with Crippen molar-refractivity contribution in [3.63, 3.8) is 0 Å². The molecule has 2 aliphatic heterocycles. The highest BCUT2D eigenvalue weighted by Gasteiger charge is 2.26. The third-order valence-corrected chi connectivity index (χ3v) is 8.25. The number of nitro groups is 1. The predicted molar refractivity (Wildman–Crippen MR) is 186 cm³/mol. The van der Waals surface area contributed by atoms with Crippen LogP contribution in [0, 0.1) is 22.0 Å². The summed E-state index contributed by atoms with van der Waals surface area (Å²) in [4.78, 5) is 38.6. The summed E-state index contributed by atoms with van der Waals surface area (Å²) >= 11 is 0. The molecule has 0 radical (unpaired) electrons. The molecule has 3 N–H and O–H groups in total. The average molecular weight is 695 g/mol. The number of benzene rings is 2. The molecular weight excluding hydrogens is 640 g/mol. The quantitative estimate of drug-likeness (QED) is 0.148. The van der Waals surface area contributed by atoms with E-state index in [1.165, 1.54) is 40.6 Å². The zero-order valence-electron chi connectivity index (χ0n) is 29.0. The van der Waals surface area contributed by atoms with E-state index in [1.54, 1.807) is 12.1 Å². The lowest BCUT2D eigenvalue weighted by Gasteiger charge is -2.29. The van der Waals surface area contributed by atoms with Crippen molar-refractivity contribution in [1.82, 2.24) is 9.80 Å². The summed E-state index contributed by atoms with van der Waals surface area (Å²) in [7, 11) is 10.7. The van der Waals surface area contributed by atoms with Gasteiger partial charge in [-0.25, -0.2) is 9.59 Å². The number of carbonyl (C=O) groups excluding carboxylic acids is 2. The Morgan fingerprint density at radius 1 is 0.755 bits per heavy atom. The van der Waals surface area contributed by atoms with Crippen molar-refractivity contribution >= 4 is 23.3 Å². The number of rotatable bonds is 11. The van der Waals surface area contributed by atoms with Crippen molar-refractivity contribution in [1.29, 1.82) is 0 Å². The summed E-state index contributed by atoms with van der Waals surface area (Å²) in [6.45, 7) is 5.28. The number of hydrogen-bond donors (Lipinski definition) is 2. The first kappa shape index (κ1) is 42.7. The van der Waals surface area contributed by atoms with Gasteiger partial charge in [0.15, 0.2) is 23.0 Å². The van der Waals surface area contributed by atoms with E-state index in [9.17, 15) is 19.7 Å². The molecule has 15 heteroatoms. The number of hydrogen-bond acceptors (Lipinski definition) is 14. The van der Waals surface area contributed by atoms with Crippen LogP contribution < -0.4 is 24.7 Å². The molecule has 2 aliphatic rings. The Morgan fingerprint density at radius 3 is 1.53 bits per heavy atom. The summed E-state index contributed by atoms with van der Waals surface area (Å²) in [5.41, 5.74) is 5.99. The SMILES string of the molecule is C.CO.COC(=O)c1cc(OC)c(OCC2CCN(C)CC2)cc1N.COC(=O)c1cc(OC)c(OCC2CCN(C)CC2)cc1[N+](=O)[O-]. The maximum absolute atomic E-state index is 11.7. The Morgan fingerprint density at radius 2 is 1.14 bits per heavy atom. The fourth-order valence-corrected chi connectivity index (χ4v) is 5.25. The number of nitrogens with zero attached hydrogens (tertiary/aromatic N) is 3. The minimum atomic E-state index is -0.790. The van der Waals surface area contributed by atoms with Crippen LogP contribution in [-0.2, 0) is 9.47 Å². The number of anilines is 1. The maximum Gasteiger partial charge on any atom is 0.345 e. The first-order valence-electron chi connectivity index (χ1n) is 15.6. The van der Waals surface area contributed by atoms with Gasteiger partial charge in [-0.2, -0.15) is 0 Å². The van der Waals surface area contributed by atoms with E-state index in [0.717, 1.165) is 59.0 Å². The van der Waals surface area contributed by atoms with Crippen molar-refractivity contribution in [3.05, 3.63) is 45.5 Å². The number of ether oxygens (including phenoxy) is 6. The van der Waals surface area contributed by atoms with Crippen molar-refractivity contribution < 1.29 is 48.0 Å². The van der Waals surface area contributed by atoms with Gasteiger partial charge < -0.3 is 49.1 Å². The Labute approximate surface area is 289 Å². The topological polar surface area (TPSA) is 185 Å². The molecule has 0 unspecified atom stereocenters. The molecule has 4 rings (SSSR count). The van der Waals surface area contributed by atoms with Gasteiger partial charge in [0.25, 0.3) is 5.69 Å². The Kier molecular flexibility index (Phi) is 18.8. The van der Waals surface area contributed by atoms with E-state index >= 15 is 0 Å². The molecule has 2 fully saturated rings. The molecular formula is C34H54N4O11. The Bertz CT molecular complexity index is 1340. The lowest BCUT2D eigenvalue weighted by Crippen LogP contribution is -2.32. The molecule has 2 aromatic carbocycles. The highest BCUT2D eigenvalue weighted by Crippen LogP contribution is 2.36. The van der Waals surface area contributed by atoms with Crippen LogP contribution in [0.25, 0.3) is 0 Å². The third kappa shape index (κ3) is 12.6. The second kappa shape index (κ2) is 21.6. The molecule has 276 valence electrons. The van der Waals surface area contributed by atoms with Crippen LogP contribution in [0.1, 0.15) is 53.8 Å². The lowest BCUT2D eigenvalue weighted by atomic mass is 9.98. The van der Waals surface area contributed by atoms with E-state index in [1.807, 2.05) is 0 Å². The van der Waals surface area contributed by atoms with Gasteiger partial charge in [-0.15, -0.1) is 0 Å². The summed E-state index contributed by atoms with van der Waals surface area (Å²) in [5.74, 6) is 1.23. The highest BCUT2D eigenvalue weighted by molar-refractivity contribution is 5.96. The lowest BCUT2D eigenvalue weighted by molar-refractivity contribution is -0.385. The summed E-state index contributed by atoms with van der Waals surface area (Å²) in [5, 5.41) is 18.2. The van der Waals surface area contributed by atoms with Gasteiger partial charge in [-0.1, -0.05) is 7.43 Å². The van der Waals surface area contributed by atoms with Gasteiger partial charge in [0.2, 0.25) is 0 Å². The van der Waals surface area contributed by atoms with E-state index in [-0.39, 0.29) is 35.7 Å². The van der Waals surface area contributed by atoms with E-state index in [0.29, 0.717) is 42.2 Å². The predicted octanol–water partition coefficient (Wildman–Crippen LogP) is 4.14. The monoisotopic (exact) mass is 694 g/mol. The van der Waals surface area contributed by atoms with Crippen molar-refractivity contribution in [2.75, 3.05) is 94.8 Å². The molecule has 15 nitrogen and oxygen atoms in total. The number of nitro benzene ring substituents is 1. The van der Waals surface area contributed by atoms with E-state index < -0.39 is 16.9 Å². The number of nitrogens with two attached hydrogens (primary N) is 1. The average Bonchev–Trinajstić information content (AvgIpc) is 3.11. The van der Waals surface area contributed by atoms with Crippen LogP contribution in [0.15, 0.2) is 24.3 Å². The zero-order valence-corrected chi connectivity index (χ0v) is 29.0. The van der Waals surface area contributed by atoms with Crippen LogP contribution in [-0.4, -0.2) is 121 Å². The second-order valence-corrected chi connectivity index (χ2v) is 11.5. The summed E-state index contributed by atoms with van der Waals surface area (Å²) < 4.78 is 31.4. The minimum Gasteiger partial charge on any atom is -0.493 e. The van der Waals surface area contributed by atoms with Gasteiger partial charge in [-0.05, 0) is 77.8 Å². The molecule has 0 spiro atoms. The standard InChI is InChI=1S/C16H22N2O6.C16H24N2O4.CH4O.CH4/c1-17-6-4-11(5-7-17)10-24-15-9-13(18(20)21)12(16(19)23-3)8-14(15)22-2;1-18-6-4-11(5-7-18)10-22-15-9-13(17)12(16(19)21-3)8-14(15)20-2;1-2;/h8-9,11H,4-7,10H2,1-3H3;8-9,11H,4-7,10,17H2,1-3H3;2H,1H3;1H4. The van der Waals surface area contributed by atoms with Gasteiger partial charge in [0, 0.05) is 25.3 Å². The van der Waals surface area contributed by atoms with Crippen molar-refractivity contribution in [2.24, 2.45) is 11.8 Å². The van der Waals surface area contributed by atoms with Crippen LogP contribution in [0.4, 0.5) is 11.4 Å². The van der Waals surface area contributed by atoms with E-state index in [4.69, 9.17) is 34.5 Å². The van der Waals surface area contributed by atoms with E-state index in [2.05, 4.69) is 28.6 Å². The smallest absolute Gasteiger partial charge is 0.345 e. The normalized spacial score (nSPS) is 15.2. The number of likely N-dealkylation sites (tertiary alicyclic amines) is 2. The number of aliphatic hydroxyl groups excluding tert-OH is 1. The van der Waals surface area contributed by atoms with Gasteiger partial charge >= 0.3 is 11.9 Å². The van der Waals surface area contributed by atoms with Gasteiger partial charge in [0.05, 0.1) is 63.9 Å². The first-order chi connectivity index (χ1) is 23.0. The molecule has 0 amide bonds. The summed E-state index contributed by atoms with van der Waals surface area (Å²) in [6, 6.07) is 5.69. The number of piperidine rings is 2. The fraction of sp³-hybridized carbons (Fsp3) is 0.588. The van der Waals surface area contributed by atoms with Gasteiger partial charge in [-0.3, -0.25) is 10.1 Å². The number of nitrogen functional groups attached to an aromatic ring is 1. The molecule has 2 saturated heterocycles. The Balaban J connectivity index is 0.000000459. The zero-order chi connectivity index (χ0) is 35.8. The number of esters is 2. The summed E-state index contributed by atoms with van der Waals surface area (Å²) in [6.07, 6.45) is 4.27. The molecule has 0 bridgehead atoms. The van der Waals surface area contributed by atoms with Crippen LogP contribution in [0.2, 0.25) is 0 Å². The second-order valence-electron chi connectivity index (χ2n) is 11.5. The number of aliphatic hydroxyl groups is 1. The molecule has 2 aromatic rings. The fourth-order valence-electron chi connectivity index (χ4n) is 5.25. The third-order valence-electron chi connectivity index (χ3n) is 8.25. The number of carbonyl (C=O) groups is 2. The van der Waals surface area contributed by atoms with Crippen molar-refractivity contribution in [2.45, 2.75) is 33.1 Å². The largest absolute Gasteiger partial charge is 0.493 e. The number of methoxy groups -OCH3 is 4. The molecule has 49 heavy (non-hydrogen) atoms. The minimum absolute atomic E-state index is 0. The Hall–Kier alpha value is -4.34. The van der Waals surface area contributed by atoms with Crippen LogP contribution in [0.5, 0.6) is 23.0 Å². The maximum atomic E-state index is 11.7. The molecule has 2 heterocycles. The van der Waals surface area contributed by atoms with Crippen LogP contribution >= 0.6 is 0 Å². The van der Waals surface area contributed by atoms with Crippen molar-refractivity contribution in [3.8, 4) is 23.0 Å². The van der Waals surface area contributed by atoms with Gasteiger partial charge in [0.1, 0.15) is 5.56 Å².